The van der Waals surface area contributed by atoms with Crippen molar-refractivity contribution >= 4 is 23.2 Å². The van der Waals surface area contributed by atoms with E-state index >= 15 is 0 Å². The maximum Gasteiger partial charge on any atom is 0.264 e. The second kappa shape index (κ2) is 7.53. The molecule has 0 aliphatic carbocycles. The molecule has 0 radical (unpaired) electrons. The maximum atomic E-state index is 13.1. The maximum absolute atomic E-state index is 13.1. The monoisotopic (exact) mass is 392 g/mol. The van der Waals surface area contributed by atoms with Gasteiger partial charge in [-0.3, -0.25) is 9.59 Å². The van der Waals surface area contributed by atoms with E-state index in [1.165, 1.54) is 10.4 Å². The summed E-state index contributed by atoms with van der Waals surface area (Å²) in [5, 5.41) is 0. The second-order valence-electron chi connectivity index (χ2n) is 7.81. The van der Waals surface area contributed by atoms with Crippen LogP contribution in [-0.2, 0) is 26.3 Å². The Labute approximate surface area is 164 Å². The highest BCUT2D eigenvalue weighted by Crippen LogP contribution is 2.45. The largest absolute Gasteiger partial charge is 0.383 e. The highest BCUT2D eigenvalue weighted by Gasteiger charge is 2.43. The average Bonchev–Trinajstić information content (AvgIpc) is 3.30. The molecule has 148 valence electrons. The molecule has 0 saturated carbocycles. The molecular formula is C20H28N2O4S. The molecule has 1 aromatic heterocycles. The van der Waals surface area contributed by atoms with Crippen molar-refractivity contribution in [3.63, 3.8) is 0 Å². The van der Waals surface area contributed by atoms with Crippen molar-refractivity contribution in [3.8, 4) is 0 Å². The molecule has 4 heterocycles. The Kier molecular flexibility index (Phi) is 5.27. The van der Waals surface area contributed by atoms with Crippen LogP contribution < -0.4 is 0 Å². The van der Waals surface area contributed by atoms with Crippen LogP contribution in [0.25, 0.3) is 0 Å². The SMILES string of the molecule is COC[C@@H]1CCCN1C(=O)c1cc2c(s1)C1(CCN(C(C)=O)CC1)OCC2. The molecule has 3 aliphatic rings. The van der Waals surface area contributed by atoms with E-state index in [0.29, 0.717) is 13.2 Å². The molecule has 3 aliphatic heterocycles. The first-order chi connectivity index (χ1) is 13.0. The van der Waals surface area contributed by atoms with Gasteiger partial charge in [0, 0.05) is 38.5 Å². The van der Waals surface area contributed by atoms with Crippen LogP contribution >= 0.6 is 11.3 Å². The van der Waals surface area contributed by atoms with Crippen LogP contribution in [0.15, 0.2) is 6.07 Å². The molecule has 6 nitrogen and oxygen atoms in total. The van der Waals surface area contributed by atoms with Crippen LogP contribution in [0.5, 0.6) is 0 Å². The van der Waals surface area contributed by atoms with E-state index in [1.54, 1.807) is 25.4 Å². The molecule has 2 amide bonds. The van der Waals surface area contributed by atoms with Gasteiger partial charge < -0.3 is 19.3 Å². The van der Waals surface area contributed by atoms with Gasteiger partial charge in [-0.05, 0) is 43.7 Å². The Morgan fingerprint density at radius 2 is 2.11 bits per heavy atom. The number of piperidine rings is 1. The minimum atomic E-state index is -0.320. The third-order valence-corrected chi connectivity index (χ3v) is 7.55. The molecule has 4 rings (SSSR count). The summed E-state index contributed by atoms with van der Waals surface area (Å²) in [4.78, 5) is 30.7. The van der Waals surface area contributed by atoms with Crippen molar-refractivity contribution in [1.29, 1.82) is 0 Å². The first-order valence-corrected chi connectivity index (χ1v) is 10.7. The summed E-state index contributed by atoms with van der Waals surface area (Å²) < 4.78 is 11.6. The van der Waals surface area contributed by atoms with E-state index in [4.69, 9.17) is 9.47 Å². The molecular weight excluding hydrogens is 364 g/mol. The predicted molar refractivity (Wildman–Crippen MR) is 103 cm³/mol. The van der Waals surface area contributed by atoms with E-state index in [-0.39, 0.29) is 23.5 Å². The lowest BCUT2D eigenvalue weighted by Crippen LogP contribution is -2.47. The zero-order chi connectivity index (χ0) is 19.0. The first-order valence-electron chi connectivity index (χ1n) is 9.86. The zero-order valence-corrected chi connectivity index (χ0v) is 17.0. The molecule has 27 heavy (non-hydrogen) atoms. The molecule has 0 unspecified atom stereocenters. The third kappa shape index (κ3) is 3.41. The van der Waals surface area contributed by atoms with Crippen molar-refractivity contribution in [2.75, 3.05) is 40.0 Å². The van der Waals surface area contributed by atoms with Crippen LogP contribution in [0.4, 0.5) is 0 Å². The number of ether oxygens (including phenoxy) is 2. The first kappa shape index (κ1) is 18.9. The minimum Gasteiger partial charge on any atom is -0.383 e. The lowest BCUT2D eigenvalue weighted by molar-refractivity contribution is -0.138. The van der Waals surface area contributed by atoms with E-state index in [2.05, 4.69) is 6.07 Å². The normalized spacial score (nSPS) is 24.3. The number of carbonyl (C=O) groups excluding carboxylic acids is 2. The van der Waals surface area contributed by atoms with E-state index in [1.807, 2.05) is 9.80 Å². The highest BCUT2D eigenvalue weighted by molar-refractivity contribution is 7.14. The van der Waals surface area contributed by atoms with Crippen molar-refractivity contribution in [2.45, 2.75) is 50.7 Å². The quantitative estimate of drug-likeness (QED) is 0.793. The number of hydrogen-bond donors (Lipinski definition) is 0. The smallest absolute Gasteiger partial charge is 0.264 e. The van der Waals surface area contributed by atoms with E-state index < -0.39 is 0 Å². The summed E-state index contributed by atoms with van der Waals surface area (Å²) in [6.45, 7) is 5.17. The molecule has 0 bridgehead atoms. The van der Waals surface area contributed by atoms with Gasteiger partial charge in [0.25, 0.3) is 5.91 Å². The Bertz CT molecular complexity index is 724. The number of thiophene rings is 1. The van der Waals surface area contributed by atoms with Crippen LogP contribution in [0.2, 0.25) is 0 Å². The number of fused-ring (bicyclic) bond motifs is 2. The van der Waals surface area contributed by atoms with Gasteiger partial charge in [0.2, 0.25) is 5.91 Å². The summed E-state index contributed by atoms with van der Waals surface area (Å²) in [5.41, 5.74) is 0.938. The van der Waals surface area contributed by atoms with Crippen LogP contribution in [0.1, 0.15) is 52.7 Å². The number of amides is 2. The average molecular weight is 393 g/mol. The summed E-state index contributed by atoms with van der Waals surface area (Å²) >= 11 is 1.60. The number of rotatable bonds is 3. The fourth-order valence-corrected chi connectivity index (χ4v) is 6.06. The number of methoxy groups -OCH3 is 1. The topological polar surface area (TPSA) is 59.1 Å². The Balaban J connectivity index is 1.56. The van der Waals surface area contributed by atoms with Gasteiger partial charge in [0.15, 0.2) is 0 Å². The molecule has 1 atom stereocenters. The van der Waals surface area contributed by atoms with Crippen molar-refractivity contribution < 1.29 is 19.1 Å². The molecule has 7 heteroatoms. The second-order valence-corrected chi connectivity index (χ2v) is 8.87. The summed E-state index contributed by atoms with van der Waals surface area (Å²) in [5.74, 6) is 0.256. The van der Waals surface area contributed by atoms with E-state index in [0.717, 1.165) is 56.6 Å². The van der Waals surface area contributed by atoms with Gasteiger partial charge in [-0.15, -0.1) is 11.3 Å². The van der Waals surface area contributed by atoms with Crippen LogP contribution in [0.3, 0.4) is 0 Å². The van der Waals surface area contributed by atoms with Gasteiger partial charge in [0.05, 0.1) is 24.1 Å². The third-order valence-electron chi connectivity index (χ3n) is 6.20. The Morgan fingerprint density at radius 1 is 1.33 bits per heavy atom. The summed E-state index contributed by atoms with van der Waals surface area (Å²) in [7, 11) is 1.69. The number of likely N-dealkylation sites (tertiary alicyclic amines) is 2. The van der Waals surface area contributed by atoms with Gasteiger partial charge in [-0.2, -0.15) is 0 Å². The predicted octanol–water partition coefficient (Wildman–Crippen LogP) is 2.41. The van der Waals surface area contributed by atoms with E-state index in [9.17, 15) is 9.59 Å². The molecule has 1 spiro atoms. The van der Waals surface area contributed by atoms with Gasteiger partial charge >= 0.3 is 0 Å². The molecule has 0 N–H and O–H groups in total. The number of hydrogen-bond acceptors (Lipinski definition) is 5. The fraction of sp³-hybridized carbons (Fsp3) is 0.700. The molecule has 1 aromatic rings. The lowest BCUT2D eigenvalue weighted by atomic mass is 9.85. The number of nitrogens with zero attached hydrogens (tertiary/aromatic N) is 2. The summed E-state index contributed by atoms with van der Waals surface area (Å²) in [6, 6.07) is 2.28. The number of carbonyl (C=O) groups is 2. The molecule has 2 saturated heterocycles. The van der Waals surface area contributed by atoms with Gasteiger partial charge in [0.1, 0.15) is 5.60 Å². The van der Waals surface area contributed by atoms with Crippen molar-refractivity contribution in [3.05, 3.63) is 21.4 Å². The van der Waals surface area contributed by atoms with Crippen LogP contribution in [0, 0.1) is 0 Å². The zero-order valence-electron chi connectivity index (χ0n) is 16.2. The van der Waals surface area contributed by atoms with Gasteiger partial charge in [-0.1, -0.05) is 0 Å². The minimum absolute atomic E-state index is 0.126. The molecule has 2 fully saturated rings. The van der Waals surface area contributed by atoms with Crippen molar-refractivity contribution in [1.82, 2.24) is 9.80 Å². The Hall–Kier alpha value is -1.44. The fourth-order valence-electron chi connectivity index (χ4n) is 4.69. The summed E-state index contributed by atoms with van der Waals surface area (Å²) in [6.07, 6.45) is 4.53. The molecule has 0 aromatic carbocycles. The lowest BCUT2D eigenvalue weighted by Gasteiger charge is -2.43. The van der Waals surface area contributed by atoms with Crippen molar-refractivity contribution in [2.24, 2.45) is 0 Å². The van der Waals surface area contributed by atoms with Crippen LogP contribution in [-0.4, -0.2) is 67.6 Å². The standard InChI is InChI=1S/C20H28N2O4S/c1-14(23)21-9-6-20(7-10-21)18-15(5-11-26-20)12-17(27-18)19(24)22-8-3-4-16(22)13-25-2/h12,16H,3-11,13H2,1-2H3/t16-/m0/s1. The van der Waals surface area contributed by atoms with Gasteiger partial charge in [-0.25, -0.2) is 0 Å². The Morgan fingerprint density at radius 3 is 2.81 bits per heavy atom. The highest BCUT2D eigenvalue weighted by atomic mass is 32.1.